The molecule has 0 radical (unpaired) electrons. The normalized spacial score (nSPS) is 12.3. The number of rotatable bonds is 4. The molecule has 0 aliphatic heterocycles. The predicted octanol–water partition coefficient (Wildman–Crippen LogP) is 2.77. The number of ether oxygens (including phenoxy) is 2. The van der Waals surface area contributed by atoms with Crippen LogP contribution in [0.15, 0.2) is 12.1 Å². The molecule has 15 heavy (non-hydrogen) atoms. The number of hydrogen-bond acceptors (Lipinski definition) is 3. The zero-order valence-electron chi connectivity index (χ0n) is 9.21. The van der Waals surface area contributed by atoms with E-state index in [1.807, 2.05) is 19.1 Å². The van der Waals surface area contributed by atoms with E-state index in [4.69, 9.17) is 26.8 Å². The molecule has 1 rings (SSSR count). The van der Waals surface area contributed by atoms with Crippen LogP contribution in [0, 0.1) is 0 Å². The molecule has 4 heteroatoms. The van der Waals surface area contributed by atoms with Crippen LogP contribution < -0.4 is 15.2 Å². The van der Waals surface area contributed by atoms with Gasteiger partial charge in [-0.15, -0.1) is 0 Å². The minimum absolute atomic E-state index is 0.0719. The minimum Gasteiger partial charge on any atom is -0.493 e. The van der Waals surface area contributed by atoms with Gasteiger partial charge in [-0.3, -0.25) is 0 Å². The molecule has 0 heterocycles. The lowest BCUT2D eigenvalue weighted by Crippen LogP contribution is -2.09. The van der Waals surface area contributed by atoms with Gasteiger partial charge < -0.3 is 15.2 Å². The number of nitrogens with two attached hydrogens (primary N) is 1. The number of benzene rings is 1. The molecule has 0 aliphatic carbocycles. The molecular formula is C11H16ClNO2. The monoisotopic (exact) mass is 229 g/mol. The summed E-state index contributed by atoms with van der Waals surface area (Å²) in [4.78, 5) is 0. The Bertz CT molecular complexity index is 342. The van der Waals surface area contributed by atoms with Crippen LogP contribution in [-0.4, -0.2) is 14.2 Å². The maximum absolute atomic E-state index is 6.18. The minimum atomic E-state index is -0.0719. The van der Waals surface area contributed by atoms with E-state index in [0.717, 1.165) is 12.0 Å². The molecule has 84 valence electrons. The van der Waals surface area contributed by atoms with Crippen molar-refractivity contribution in [3.05, 3.63) is 22.7 Å². The van der Waals surface area contributed by atoms with Gasteiger partial charge in [0.15, 0.2) is 11.5 Å². The summed E-state index contributed by atoms with van der Waals surface area (Å²) < 4.78 is 10.3. The van der Waals surface area contributed by atoms with Crippen LogP contribution in [0.1, 0.15) is 24.9 Å². The molecule has 1 aromatic carbocycles. The summed E-state index contributed by atoms with van der Waals surface area (Å²) in [6.45, 7) is 2.01. The van der Waals surface area contributed by atoms with Gasteiger partial charge in [0.25, 0.3) is 0 Å². The second-order valence-electron chi connectivity index (χ2n) is 3.22. The molecule has 0 amide bonds. The zero-order chi connectivity index (χ0) is 11.4. The van der Waals surface area contributed by atoms with Crippen molar-refractivity contribution in [3.8, 4) is 11.5 Å². The average Bonchev–Trinajstić information content (AvgIpc) is 2.27. The van der Waals surface area contributed by atoms with Crippen molar-refractivity contribution in [1.29, 1.82) is 0 Å². The van der Waals surface area contributed by atoms with Crippen LogP contribution in [0.4, 0.5) is 0 Å². The Balaban J connectivity index is 3.22. The first-order valence-electron chi connectivity index (χ1n) is 4.81. The highest BCUT2D eigenvalue weighted by Gasteiger charge is 2.16. The third-order valence-corrected chi connectivity index (χ3v) is 2.74. The molecule has 0 unspecified atom stereocenters. The van der Waals surface area contributed by atoms with Crippen molar-refractivity contribution in [1.82, 2.24) is 0 Å². The lowest BCUT2D eigenvalue weighted by molar-refractivity contribution is 0.354. The maximum atomic E-state index is 6.18. The highest BCUT2D eigenvalue weighted by Crippen LogP contribution is 2.39. The van der Waals surface area contributed by atoms with Crippen LogP contribution in [0.2, 0.25) is 5.02 Å². The molecule has 0 saturated carbocycles. The summed E-state index contributed by atoms with van der Waals surface area (Å²) in [6, 6.07) is 3.62. The third-order valence-electron chi connectivity index (χ3n) is 2.35. The Labute approximate surface area is 95.1 Å². The van der Waals surface area contributed by atoms with E-state index in [1.54, 1.807) is 14.2 Å². The van der Waals surface area contributed by atoms with Gasteiger partial charge in [-0.1, -0.05) is 24.6 Å². The van der Waals surface area contributed by atoms with E-state index >= 15 is 0 Å². The summed E-state index contributed by atoms with van der Waals surface area (Å²) in [5.41, 5.74) is 6.82. The van der Waals surface area contributed by atoms with Gasteiger partial charge in [0.05, 0.1) is 19.2 Å². The van der Waals surface area contributed by atoms with Crippen LogP contribution in [0.5, 0.6) is 11.5 Å². The molecule has 0 aromatic heterocycles. The van der Waals surface area contributed by atoms with Gasteiger partial charge in [-0.2, -0.15) is 0 Å². The van der Waals surface area contributed by atoms with Gasteiger partial charge in [0.2, 0.25) is 0 Å². The van der Waals surface area contributed by atoms with Crippen LogP contribution in [0.3, 0.4) is 0 Å². The predicted molar refractivity (Wildman–Crippen MR) is 61.8 cm³/mol. The summed E-state index contributed by atoms with van der Waals surface area (Å²) >= 11 is 6.18. The molecule has 3 nitrogen and oxygen atoms in total. The molecule has 0 fully saturated rings. The molecule has 2 N–H and O–H groups in total. The molecule has 0 saturated heterocycles. The average molecular weight is 230 g/mol. The number of methoxy groups -OCH3 is 2. The Morgan fingerprint density at radius 1 is 1.33 bits per heavy atom. The van der Waals surface area contributed by atoms with E-state index in [-0.39, 0.29) is 6.04 Å². The Hall–Kier alpha value is -0.930. The molecule has 0 spiro atoms. The van der Waals surface area contributed by atoms with Crippen LogP contribution >= 0.6 is 11.6 Å². The molecule has 0 aliphatic rings. The SMILES string of the molecule is CC[C@H](N)c1ccc(OC)c(OC)c1Cl. The standard InChI is InChI=1S/C11H16ClNO2/c1-4-8(13)7-5-6-9(14-2)11(15-3)10(7)12/h5-6,8H,4,13H2,1-3H3/t8-/m0/s1. The van der Waals surface area contributed by atoms with E-state index in [2.05, 4.69) is 0 Å². The fraction of sp³-hybridized carbons (Fsp3) is 0.455. The fourth-order valence-corrected chi connectivity index (χ4v) is 1.78. The Kier molecular flexibility index (Phi) is 4.24. The first-order chi connectivity index (χ1) is 7.15. The topological polar surface area (TPSA) is 44.5 Å². The first-order valence-corrected chi connectivity index (χ1v) is 5.19. The van der Waals surface area contributed by atoms with Gasteiger partial charge in [-0.05, 0) is 18.1 Å². The number of halogens is 1. The van der Waals surface area contributed by atoms with E-state index in [9.17, 15) is 0 Å². The van der Waals surface area contributed by atoms with Crippen LogP contribution in [-0.2, 0) is 0 Å². The lowest BCUT2D eigenvalue weighted by Gasteiger charge is -2.16. The quantitative estimate of drug-likeness (QED) is 0.864. The zero-order valence-corrected chi connectivity index (χ0v) is 9.97. The maximum Gasteiger partial charge on any atom is 0.179 e. The van der Waals surface area contributed by atoms with Gasteiger partial charge in [0, 0.05) is 6.04 Å². The van der Waals surface area contributed by atoms with Crippen molar-refractivity contribution in [2.75, 3.05) is 14.2 Å². The second kappa shape index (κ2) is 5.24. The smallest absolute Gasteiger partial charge is 0.179 e. The van der Waals surface area contributed by atoms with Gasteiger partial charge in [0.1, 0.15) is 0 Å². The van der Waals surface area contributed by atoms with Crippen molar-refractivity contribution in [3.63, 3.8) is 0 Å². The number of hydrogen-bond donors (Lipinski definition) is 1. The summed E-state index contributed by atoms with van der Waals surface area (Å²) in [5, 5.41) is 0.534. The summed E-state index contributed by atoms with van der Waals surface area (Å²) in [7, 11) is 3.14. The molecular weight excluding hydrogens is 214 g/mol. The van der Waals surface area contributed by atoms with Crippen LogP contribution in [0.25, 0.3) is 0 Å². The highest BCUT2D eigenvalue weighted by molar-refractivity contribution is 6.33. The highest BCUT2D eigenvalue weighted by atomic mass is 35.5. The van der Waals surface area contributed by atoms with E-state index in [1.165, 1.54) is 0 Å². The van der Waals surface area contributed by atoms with Crippen molar-refractivity contribution in [2.45, 2.75) is 19.4 Å². The van der Waals surface area contributed by atoms with Crippen molar-refractivity contribution in [2.24, 2.45) is 5.73 Å². The lowest BCUT2D eigenvalue weighted by atomic mass is 10.0. The third kappa shape index (κ3) is 2.36. The van der Waals surface area contributed by atoms with Gasteiger partial charge >= 0.3 is 0 Å². The molecule has 1 atom stereocenters. The van der Waals surface area contributed by atoms with Crippen molar-refractivity contribution >= 4 is 11.6 Å². The Morgan fingerprint density at radius 3 is 2.47 bits per heavy atom. The van der Waals surface area contributed by atoms with Gasteiger partial charge in [-0.25, -0.2) is 0 Å². The summed E-state index contributed by atoms with van der Waals surface area (Å²) in [5.74, 6) is 1.16. The van der Waals surface area contributed by atoms with E-state index < -0.39 is 0 Å². The van der Waals surface area contributed by atoms with Crippen molar-refractivity contribution < 1.29 is 9.47 Å². The van der Waals surface area contributed by atoms with E-state index in [0.29, 0.717) is 16.5 Å². The molecule has 0 bridgehead atoms. The fourth-order valence-electron chi connectivity index (χ4n) is 1.41. The molecule has 1 aromatic rings. The Morgan fingerprint density at radius 2 is 2.00 bits per heavy atom. The summed E-state index contributed by atoms with van der Waals surface area (Å²) in [6.07, 6.45) is 0.829. The second-order valence-corrected chi connectivity index (χ2v) is 3.60. The largest absolute Gasteiger partial charge is 0.493 e. The first kappa shape index (κ1) is 12.1.